The van der Waals surface area contributed by atoms with Crippen molar-refractivity contribution in [2.45, 2.75) is 24.9 Å². The zero-order valence-corrected chi connectivity index (χ0v) is 18.8. The minimum atomic E-state index is -1.22. The van der Waals surface area contributed by atoms with Gasteiger partial charge in [0.2, 0.25) is 5.91 Å². The van der Waals surface area contributed by atoms with Gasteiger partial charge in [-0.3, -0.25) is 9.59 Å². The molecular weight excluding hydrogens is 420 g/mol. The van der Waals surface area contributed by atoms with E-state index in [1.807, 2.05) is 78.2 Å². The third-order valence-corrected chi connectivity index (χ3v) is 6.87. The number of hydrogen-bond donors (Lipinski definition) is 2. The average molecular weight is 449 g/mol. The first-order chi connectivity index (χ1) is 15.5. The summed E-state index contributed by atoms with van der Waals surface area (Å²) in [5.41, 5.74) is 0.542. The molecule has 1 aliphatic heterocycles. The summed E-state index contributed by atoms with van der Waals surface area (Å²) in [7, 11) is 0. The van der Waals surface area contributed by atoms with Crippen LogP contribution in [0.3, 0.4) is 0 Å². The Hall–Kier alpha value is -2.96. The highest BCUT2D eigenvalue weighted by Gasteiger charge is 2.33. The van der Waals surface area contributed by atoms with Crippen LogP contribution in [0.4, 0.5) is 0 Å². The molecule has 2 amide bonds. The van der Waals surface area contributed by atoms with Gasteiger partial charge in [0.05, 0.1) is 17.3 Å². The topological polar surface area (TPSA) is 69.6 Å². The second-order valence-electron chi connectivity index (χ2n) is 8.35. The summed E-state index contributed by atoms with van der Waals surface area (Å²) in [4.78, 5) is 28.2. The van der Waals surface area contributed by atoms with Crippen molar-refractivity contribution >= 4 is 23.2 Å². The summed E-state index contributed by atoms with van der Waals surface area (Å²) in [6.45, 7) is 1.19. The smallest absolute Gasteiger partial charge is 0.263 e. The Morgan fingerprint density at radius 3 is 2.44 bits per heavy atom. The summed E-state index contributed by atoms with van der Waals surface area (Å²) in [6.07, 6.45) is 1.93. The van der Waals surface area contributed by atoms with Gasteiger partial charge in [-0.25, -0.2) is 0 Å². The first-order valence-corrected chi connectivity index (χ1v) is 11.9. The van der Waals surface area contributed by atoms with E-state index in [9.17, 15) is 14.7 Å². The predicted octanol–water partition coefficient (Wildman–Crippen LogP) is 3.85. The summed E-state index contributed by atoms with van der Waals surface area (Å²) in [5.74, 6) is -0.400. The van der Waals surface area contributed by atoms with E-state index in [0.29, 0.717) is 24.4 Å². The van der Waals surface area contributed by atoms with Crippen LogP contribution < -0.4 is 5.32 Å². The Morgan fingerprint density at radius 1 is 1.03 bits per heavy atom. The molecule has 0 saturated carbocycles. The fourth-order valence-electron chi connectivity index (χ4n) is 4.26. The van der Waals surface area contributed by atoms with E-state index in [0.717, 1.165) is 24.0 Å². The Balaban J connectivity index is 1.43. The fourth-order valence-corrected chi connectivity index (χ4v) is 4.95. The van der Waals surface area contributed by atoms with Crippen molar-refractivity contribution < 1.29 is 14.7 Å². The van der Waals surface area contributed by atoms with Crippen LogP contribution in [-0.4, -0.2) is 41.5 Å². The first kappa shape index (κ1) is 22.2. The van der Waals surface area contributed by atoms with Crippen LogP contribution in [0, 0.1) is 5.92 Å². The normalized spacial score (nSPS) is 18.0. The Kier molecular flexibility index (Phi) is 7.02. The third-order valence-electron chi connectivity index (χ3n) is 6.02. The number of nitrogens with zero attached hydrogens (tertiary/aromatic N) is 1. The van der Waals surface area contributed by atoms with Crippen molar-refractivity contribution in [1.29, 1.82) is 0 Å². The van der Waals surface area contributed by atoms with Gasteiger partial charge in [0.15, 0.2) is 0 Å². The molecular formula is C26H28N2O3S. The van der Waals surface area contributed by atoms with E-state index in [1.165, 1.54) is 11.3 Å². The number of likely N-dealkylation sites (tertiary alicyclic amines) is 1. The molecule has 5 nitrogen and oxygen atoms in total. The molecule has 0 radical (unpaired) electrons. The predicted molar refractivity (Wildman–Crippen MR) is 126 cm³/mol. The number of carbonyl (C=O) groups is 2. The van der Waals surface area contributed by atoms with E-state index in [-0.39, 0.29) is 24.3 Å². The molecule has 3 aromatic rings. The molecule has 4 rings (SSSR count). The highest BCUT2D eigenvalue weighted by Crippen LogP contribution is 2.26. The van der Waals surface area contributed by atoms with Gasteiger partial charge in [-0.15, -0.1) is 11.3 Å². The lowest BCUT2D eigenvalue weighted by Crippen LogP contribution is -2.48. The van der Waals surface area contributed by atoms with Crippen molar-refractivity contribution in [1.82, 2.24) is 10.2 Å². The molecule has 0 spiro atoms. The van der Waals surface area contributed by atoms with Crippen molar-refractivity contribution in [3.63, 3.8) is 0 Å². The second kappa shape index (κ2) is 10.1. The highest BCUT2D eigenvalue weighted by molar-refractivity contribution is 7.12. The molecule has 1 saturated heterocycles. The first-order valence-electron chi connectivity index (χ1n) is 11.0. The third kappa shape index (κ3) is 5.26. The van der Waals surface area contributed by atoms with Crippen LogP contribution in [0.15, 0.2) is 78.2 Å². The van der Waals surface area contributed by atoms with Gasteiger partial charge in [0.25, 0.3) is 5.91 Å². The van der Waals surface area contributed by atoms with Crippen LogP contribution in [0.25, 0.3) is 0 Å². The fraction of sp³-hybridized carbons (Fsp3) is 0.308. The van der Waals surface area contributed by atoms with Gasteiger partial charge in [-0.2, -0.15) is 0 Å². The molecule has 1 aromatic heterocycles. The number of amides is 2. The van der Waals surface area contributed by atoms with Crippen LogP contribution in [0.2, 0.25) is 0 Å². The van der Waals surface area contributed by atoms with E-state index >= 15 is 0 Å². The number of nitrogens with one attached hydrogen (secondary N) is 1. The summed E-state index contributed by atoms with van der Waals surface area (Å²) >= 11 is 1.42. The minimum absolute atomic E-state index is 0.0117. The number of benzene rings is 2. The van der Waals surface area contributed by atoms with Crippen molar-refractivity contribution in [2.24, 2.45) is 5.92 Å². The van der Waals surface area contributed by atoms with Crippen LogP contribution in [-0.2, 0) is 16.8 Å². The summed E-state index contributed by atoms with van der Waals surface area (Å²) < 4.78 is 0. The SMILES string of the molecule is O=C(NC[C@@](O)(Cc1ccccc1)c1ccccc1)[C@H]1CCCN(C(=O)c2cccs2)C1. The van der Waals surface area contributed by atoms with Crippen molar-refractivity contribution in [2.75, 3.05) is 19.6 Å². The number of hydrogen-bond acceptors (Lipinski definition) is 4. The van der Waals surface area contributed by atoms with E-state index in [4.69, 9.17) is 0 Å². The molecule has 1 aliphatic rings. The quantitative estimate of drug-likeness (QED) is 0.577. The van der Waals surface area contributed by atoms with Crippen LogP contribution in [0.1, 0.15) is 33.6 Å². The maximum Gasteiger partial charge on any atom is 0.263 e. The van der Waals surface area contributed by atoms with Crippen molar-refractivity contribution in [3.8, 4) is 0 Å². The number of piperidine rings is 1. The van der Waals surface area contributed by atoms with Gasteiger partial charge < -0.3 is 15.3 Å². The molecule has 2 heterocycles. The highest BCUT2D eigenvalue weighted by atomic mass is 32.1. The van der Waals surface area contributed by atoms with Gasteiger partial charge >= 0.3 is 0 Å². The van der Waals surface area contributed by atoms with Gasteiger partial charge in [-0.1, -0.05) is 66.7 Å². The van der Waals surface area contributed by atoms with E-state index in [2.05, 4.69) is 5.32 Å². The molecule has 166 valence electrons. The second-order valence-corrected chi connectivity index (χ2v) is 9.29. The summed E-state index contributed by atoms with van der Waals surface area (Å²) in [6, 6.07) is 22.9. The Morgan fingerprint density at radius 2 is 1.75 bits per heavy atom. The largest absolute Gasteiger partial charge is 0.383 e. The van der Waals surface area contributed by atoms with E-state index < -0.39 is 5.60 Å². The number of thiophene rings is 1. The molecule has 2 N–H and O–H groups in total. The van der Waals surface area contributed by atoms with Crippen molar-refractivity contribution in [3.05, 3.63) is 94.2 Å². The average Bonchev–Trinajstić information content (AvgIpc) is 3.38. The number of aliphatic hydroxyl groups is 1. The lowest BCUT2D eigenvalue weighted by molar-refractivity contribution is -0.127. The van der Waals surface area contributed by atoms with Crippen LogP contribution >= 0.6 is 11.3 Å². The summed E-state index contributed by atoms with van der Waals surface area (Å²) in [5, 5.41) is 16.4. The molecule has 1 fully saturated rings. The molecule has 6 heteroatoms. The Bertz CT molecular complexity index is 1020. The molecule has 2 atom stereocenters. The van der Waals surface area contributed by atoms with Gasteiger partial charge in [0, 0.05) is 19.5 Å². The maximum atomic E-state index is 13.0. The lowest BCUT2D eigenvalue weighted by Gasteiger charge is -2.33. The van der Waals surface area contributed by atoms with Crippen LogP contribution in [0.5, 0.6) is 0 Å². The monoisotopic (exact) mass is 448 g/mol. The molecule has 32 heavy (non-hydrogen) atoms. The Labute approximate surface area is 192 Å². The molecule has 2 aromatic carbocycles. The number of carbonyl (C=O) groups excluding carboxylic acids is 2. The zero-order chi connectivity index (χ0) is 22.4. The van der Waals surface area contributed by atoms with Gasteiger partial charge in [-0.05, 0) is 35.4 Å². The number of rotatable bonds is 7. The maximum absolute atomic E-state index is 13.0. The standard InChI is InChI=1S/C26H28N2O3S/c29-24(21-11-7-15-28(18-21)25(30)23-14-8-16-32-23)27-19-26(31,22-12-5-2-6-13-22)17-20-9-3-1-4-10-20/h1-6,8-10,12-14,16,21,31H,7,11,15,17-19H2,(H,27,29)/t21-,26-/m0/s1. The molecule has 0 bridgehead atoms. The van der Waals surface area contributed by atoms with E-state index in [1.54, 1.807) is 4.90 Å². The lowest BCUT2D eigenvalue weighted by atomic mass is 9.86. The molecule has 0 aliphatic carbocycles. The molecule has 0 unspecified atom stereocenters. The zero-order valence-electron chi connectivity index (χ0n) is 17.9. The minimum Gasteiger partial charge on any atom is -0.383 e. The van der Waals surface area contributed by atoms with Gasteiger partial charge in [0.1, 0.15) is 5.60 Å².